The smallest absolute Gasteiger partial charge is 0.393 e. The van der Waals surface area contributed by atoms with Crippen molar-refractivity contribution in [2.24, 2.45) is 0 Å². The number of aliphatic hydroxyl groups is 2. The highest BCUT2D eigenvalue weighted by molar-refractivity contribution is 7.79. The molecule has 0 bridgehead atoms. The summed E-state index contributed by atoms with van der Waals surface area (Å²) in [7, 11) is -10.8. The van der Waals surface area contributed by atoms with Gasteiger partial charge in [-0.3, -0.25) is 14.4 Å². The number of Topliss-reactive ketones (excluding diaryl/α,β-unsaturated/α-hetero) is 3. The Bertz CT molecular complexity index is 366. The van der Waals surface area contributed by atoms with Crippen LogP contribution in [0.4, 0.5) is 0 Å². The zero-order valence-corrected chi connectivity index (χ0v) is 10.8. The van der Waals surface area contributed by atoms with Crippen LogP contribution in [0.2, 0.25) is 0 Å². The fourth-order valence-corrected chi connectivity index (χ4v) is 3.52. The van der Waals surface area contributed by atoms with Crippen molar-refractivity contribution in [2.75, 3.05) is 6.61 Å². The molecule has 0 aliphatic rings. The van der Waals surface area contributed by atoms with Crippen molar-refractivity contribution >= 4 is 33.2 Å². The van der Waals surface area contributed by atoms with Crippen molar-refractivity contribution in [3.63, 3.8) is 0 Å². The average molecular weight is 322 g/mol. The zero-order valence-electron chi connectivity index (χ0n) is 9.06. The Labute approximate surface area is 106 Å². The van der Waals surface area contributed by atoms with Gasteiger partial charge in [0.05, 0.1) is 6.61 Å². The molecular weight excluding hydrogens is 310 g/mol. The number of rotatable bonds is 7. The first-order valence-electron chi connectivity index (χ1n) is 4.39. The number of aliphatic hydroxyl groups excluding tert-OH is 2. The van der Waals surface area contributed by atoms with Gasteiger partial charge in [-0.1, -0.05) is 0 Å². The van der Waals surface area contributed by atoms with Gasteiger partial charge < -0.3 is 10.2 Å². The third-order valence-electron chi connectivity index (χ3n) is 1.81. The molecule has 19 heavy (non-hydrogen) atoms. The molecular formula is C6H12O11P2+2. The maximum atomic E-state index is 11.3. The lowest BCUT2D eigenvalue weighted by Gasteiger charge is -2.15. The third-order valence-corrected chi connectivity index (χ3v) is 5.45. The van der Waals surface area contributed by atoms with Crippen molar-refractivity contribution in [1.82, 2.24) is 0 Å². The summed E-state index contributed by atoms with van der Waals surface area (Å²) in [6.07, 6.45) is -2.29. The fourth-order valence-electron chi connectivity index (χ4n) is 0.995. The lowest BCUT2D eigenvalue weighted by Crippen LogP contribution is -2.41. The second-order valence-corrected chi connectivity index (χ2v) is 7.26. The van der Waals surface area contributed by atoms with Gasteiger partial charge in [-0.25, -0.2) is 0 Å². The molecule has 0 spiro atoms. The number of hydrogen-bond acceptors (Lipinski definition) is 11. The molecule has 0 aromatic rings. The largest absolute Gasteiger partial charge is 0.463 e. The van der Waals surface area contributed by atoms with Crippen LogP contribution in [0.5, 0.6) is 0 Å². The van der Waals surface area contributed by atoms with Crippen molar-refractivity contribution in [3.05, 3.63) is 0 Å². The summed E-state index contributed by atoms with van der Waals surface area (Å²) in [5, 5.41) is 14.1. The molecule has 0 rings (SSSR count). The molecule has 0 fully saturated rings. The van der Waals surface area contributed by atoms with Crippen molar-refractivity contribution in [2.45, 2.75) is 11.5 Å². The van der Waals surface area contributed by atoms with E-state index in [1.807, 2.05) is 0 Å². The minimum Gasteiger partial charge on any atom is -0.393 e. The maximum absolute atomic E-state index is 11.3. The number of ketones is 3. The van der Waals surface area contributed by atoms with Gasteiger partial charge in [0.25, 0.3) is 5.78 Å². The summed E-state index contributed by atoms with van der Waals surface area (Å²) in [5.41, 5.74) is 0. The predicted octanol–water partition coefficient (Wildman–Crippen LogP) is -4.15. The van der Waals surface area contributed by atoms with Crippen molar-refractivity contribution in [1.29, 1.82) is 0 Å². The molecule has 0 heterocycles. The van der Waals surface area contributed by atoms with E-state index in [9.17, 15) is 14.4 Å². The van der Waals surface area contributed by atoms with Crippen LogP contribution in [-0.4, -0.2) is 75.0 Å². The molecule has 0 saturated heterocycles. The van der Waals surface area contributed by atoms with Crippen molar-refractivity contribution in [3.8, 4) is 0 Å². The average Bonchev–Trinajstić information content (AvgIpc) is 2.21. The highest BCUT2D eigenvalue weighted by Gasteiger charge is 2.70. The highest BCUT2D eigenvalue weighted by Crippen LogP contribution is 2.69. The van der Waals surface area contributed by atoms with Gasteiger partial charge in [0, 0.05) is 0 Å². The Kier molecular flexibility index (Phi) is 6.18. The molecule has 1 atom stereocenters. The topological polar surface area (TPSA) is 213 Å². The number of hydrogen-bond donors (Lipinski definition) is 8. The quantitative estimate of drug-likeness (QED) is 0.128. The Morgan fingerprint density at radius 2 is 1.21 bits per heavy atom. The van der Waals surface area contributed by atoms with Crippen LogP contribution in [-0.2, 0) is 14.4 Å². The first-order valence-corrected chi connectivity index (χ1v) is 7.82. The molecule has 11 nitrogen and oxygen atoms in total. The van der Waals surface area contributed by atoms with E-state index >= 15 is 0 Å². The van der Waals surface area contributed by atoms with Crippen LogP contribution >= 0.6 is 15.9 Å². The van der Waals surface area contributed by atoms with Gasteiger partial charge in [-0.2, -0.15) is 29.4 Å². The minimum atomic E-state index is -5.40. The molecule has 8 N–H and O–H groups in total. The van der Waals surface area contributed by atoms with E-state index in [1.165, 1.54) is 0 Å². The SMILES string of the molecule is O=C(C(=O)C([P+](O)(O)O)[P+](O)(O)O)C(=O)[C@@H](O)CO. The van der Waals surface area contributed by atoms with E-state index in [2.05, 4.69) is 0 Å². The zero-order chi connectivity index (χ0) is 15.6. The van der Waals surface area contributed by atoms with Crippen LogP contribution in [0.1, 0.15) is 0 Å². The number of carbonyl (C=O) groups is 3. The van der Waals surface area contributed by atoms with E-state index < -0.39 is 51.3 Å². The number of carbonyl (C=O) groups excluding carboxylic acids is 3. The Balaban J connectivity index is 5.37. The standard InChI is InChI=1S/C6H12O11P2/c7-1-2(8)3(9)4(10)5(11)6(18(12,13)14)19(15,16)17/h2,6-8,12-17H,1H2/q+2/t2-/m0/s1. The predicted molar refractivity (Wildman–Crippen MR) is 59.1 cm³/mol. The van der Waals surface area contributed by atoms with Crippen LogP contribution < -0.4 is 0 Å². The lowest BCUT2D eigenvalue weighted by molar-refractivity contribution is -0.147. The van der Waals surface area contributed by atoms with Crippen LogP contribution in [0.25, 0.3) is 0 Å². The first-order chi connectivity index (χ1) is 8.34. The highest BCUT2D eigenvalue weighted by atomic mass is 31.3. The lowest BCUT2D eigenvalue weighted by atomic mass is 10.1. The molecule has 0 amide bonds. The summed E-state index contributed by atoms with van der Waals surface area (Å²) in [4.78, 5) is 86.2. The van der Waals surface area contributed by atoms with E-state index in [0.717, 1.165) is 0 Å². The van der Waals surface area contributed by atoms with Gasteiger partial charge >= 0.3 is 27.1 Å². The fraction of sp³-hybridized carbons (Fsp3) is 0.500. The van der Waals surface area contributed by atoms with Crippen molar-refractivity contribution < 1.29 is 54.0 Å². The van der Waals surface area contributed by atoms with E-state index in [0.29, 0.717) is 0 Å². The van der Waals surface area contributed by atoms with Gasteiger partial charge in [0.1, 0.15) is 6.10 Å². The van der Waals surface area contributed by atoms with E-state index in [1.54, 1.807) is 0 Å². The van der Waals surface area contributed by atoms with E-state index in [-0.39, 0.29) is 0 Å². The molecule has 0 radical (unpaired) electrons. The first kappa shape index (κ1) is 18.6. The minimum absolute atomic E-state index is 1.22. The van der Waals surface area contributed by atoms with Crippen LogP contribution in [0, 0.1) is 0 Å². The Morgan fingerprint density at radius 1 is 0.842 bits per heavy atom. The monoisotopic (exact) mass is 322 g/mol. The normalized spacial score (nSPS) is 14.4. The van der Waals surface area contributed by atoms with Gasteiger partial charge in [0.15, 0.2) is 0 Å². The third kappa shape index (κ3) is 4.86. The van der Waals surface area contributed by atoms with Crippen LogP contribution in [0.15, 0.2) is 0 Å². The molecule has 0 aromatic heterocycles. The molecule has 0 aliphatic heterocycles. The Hall–Kier alpha value is -0.450. The maximum Gasteiger partial charge on any atom is 0.463 e. The molecule has 0 aromatic carbocycles. The second kappa shape index (κ2) is 6.33. The summed E-state index contributed by atoms with van der Waals surface area (Å²) in [6, 6.07) is 0. The Morgan fingerprint density at radius 3 is 1.47 bits per heavy atom. The summed E-state index contributed by atoms with van der Waals surface area (Å²) in [6.45, 7) is -1.22. The second-order valence-electron chi connectivity index (χ2n) is 3.36. The molecule has 110 valence electrons. The van der Waals surface area contributed by atoms with Gasteiger partial charge in [-0.05, 0) is 0 Å². The molecule has 0 saturated carbocycles. The molecule has 0 unspecified atom stereocenters. The molecule has 13 heteroatoms. The summed E-state index contributed by atoms with van der Waals surface area (Å²) >= 11 is 0. The summed E-state index contributed by atoms with van der Waals surface area (Å²) < 4.78 is 0. The molecule has 0 aliphatic carbocycles. The van der Waals surface area contributed by atoms with E-state index in [4.69, 9.17) is 39.6 Å². The van der Waals surface area contributed by atoms with Gasteiger partial charge in [0.2, 0.25) is 5.78 Å². The summed E-state index contributed by atoms with van der Waals surface area (Å²) in [5.74, 6) is -6.23. The van der Waals surface area contributed by atoms with Gasteiger partial charge in [-0.15, -0.1) is 0 Å². The van der Waals surface area contributed by atoms with Crippen LogP contribution in [0.3, 0.4) is 0 Å².